The highest BCUT2D eigenvalue weighted by molar-refractivity contribution is 7.13. The number of urea groups is 1. The fraction of sp³-hybridized carbons (Fsp3) is 0.692. The van der Waals surface area contributed by atoms with Gasteiger partial charge in [-0.1, -0.05) is 24.2 Å². The summed E-state index contributed by atoms with van der Waals surface area (Å²) in [4.78, 5) is 25.8. The van der Waals surface area contributed by atoms with Crippen LogP contribution >= 0.6 is 11.3 Å². The van der Waals surface area contributed by atoms with Crippen molar-refractivity contribution in [2.24, 2.45) is 5.92 Å². The molecular formula is C13H19N5O2S. The van der Waals surface area contributed by atoms with Crippen molar-refractivity contribution in [1.82, 2.24) is 20.4 Å². The summed E-state index contributed by atoms with van der Waals surface area (Å²) >= 11 is 1.27. The third-order valence-corrected chi connectivity index (χ3v) is 4.74. The Kier molecular flexibility index (Phi) is 4.33. The van der Waals surface area contributed by atoms with E-state index < -0.39 is 0 Å². The number of hydrogen-bond donors (Lipinski definition) is 2. The molecule has 0 bridgehead atoms. The fourth-order valence-corrected chi connectivity index (χ4v) is 3.56. The van der Waals surface area contributed by atoms with Crippen LogP contribution in [0.2, 0.25) is 0 Å². The van der Waals surface area contributed by atoms with Crippen molar-refractivity contribution in [3.8, 4) is 0 Å². The van der Waals surface area contributed by atoms with E-state index in [1.165, 1.54) is 24.2 Å². The Balaban J connectivity index is 1.43. The van der Waals surface area contributed by atoms with Crippen molar-refractivity contribution in [3.63, 3.8) is 0 Å². The first-order chi connectivity index (χ1) is 10.2. The van der Waals surface area contributed by atoms with Gasteiger partial charge in [0, 0.05) is 31.5 Å². The molecule has 1 saturated carbocycles. The largest absolute Gasteiger partial charge is 0.339 e. The molecule has 1 aromatic heterocycles. The number of likely N-dealkylation sites (tertiary alicyclic amines) is 1. The average Bonchev–Trinajstić information content (AvgIpc) is 3.17. The zero-order valence-electron chi connectivity index (χ0n) is 11.7. The number of nitrogens with one attached hydrogen (secondary N) is 2. The highest BCUT2D eigenvalue weighted by atomic mass is 32.1. The molecule has 7 nitrogen and oxygen atoms in total. The maximum atomic E-state index is 12.1. The van der Waals surface area contributed by atoms with E-state index >= 15 is 0 Å². The van der Waals surface area contributed by atoms with Crippen LogP contribution in [0.4, 0.5) is 9.93 Å². The smallest absolute Gasteiger partial charge is 0.321 e. The van der Waals surface area contributed by atoms with Crippen LogP contribution in [0.3, 0.4) is 0 Å². The lowest BCUT2D eigenvalue weighted by molar-refractivity contribution is -0.129. The minimum atomic E-state index is -0.293. The lowest BCUT2D eigenvalue weighted by Gasteiger charge is -2.24. The van der Waals surface area contributed by atoms with Gasteiger partial charge in [-0.25, -0.2) is 4.79 Å². The van der Waals surface area contributed by atoms with Gasteiger partial charge in [-0.3, -0.25) is 10.1 Å². The molecular weight excluding hydrogens is 290 g/mol. The molecule has 1 aromatic rings. The highest BCUT2D eigenvalue weighted by Gasteiger charge is 2.35. The number of carbonyl (C=O) groups excluding carboxylic acids is 2. The molecule has 0 spiro atoms. The van der Waals surface area contributed by atoms with Crippen molar-refractivity contribution < 1.29 is 9.59 Å². The minimum Gasteiger partial charge on any atom is -0.339 e. The molecule has 1 atom stereocenters. The zero-order valence-corrected chi connectivity index (χ0v) is 12.6. The van der Waals surface area contributed by atoms with E-state index in [4.69, 9.17) is 0 Å². The van der Waals surface area contributed by atoms with Crippen LogP contribution < -0.4 is 10.6 Å². The van der Waals surface area contributed by atoms with Gasteiger partial charge in [-0.15, -0.1) is 10.2 Å². The first-order valence-corrected chi connectivity index (χ1v) is 8.21. The van der Waals surface area contributed by atoms with Crippen LogP contribution in [0.5, 0.6) is 0 Å². The van der Waals surface area contributed by atoms with E-state index in [1.807, 2.05) is 4.90 Å². The first-order valence-electron chi connectivity index (χ1n) is 7.33. The molecule has 1 unspecified atom stereocenters. The van der Waals surface area contributed by atoms with E-state index in [1.54, 1.807) is 5.51 Å². The molecule has 2 heterocycles. The quantitative estimate of drug-likeness (QED) is 0.881. The summed E-state index contributed by atoms with van der Waals surface area (Å²) in [6.45, 7) is 1.28. The molecule has 1 aliphatic heterocycles. The van der Waals surface area contributed by atoms with Gasteiger partial charge in [0.05, 0.1) is 0 Å². The molecule has 21 heavy (non-hydrogen) atoms. The topological polar surface area (TPSA) is 87.2 Å². The molecule has 114 valence electrons. The number of anilines is 1. The number of carbonyl (C=O) groups is 2. The number of aromatic nitrogens is 2. The van der Waals surface area contributed by atoms with Gasteiger partial charge in [-0.05, 0) is 12.8 Å². The summed E-state index contributed by atoms with van der Waals surface area (Å²) < 4.78 is 0. The van der Waals surface area contributed by atoms with Gasteiger partial charge in [0.1, 0.15) is 5.51 Å². The summed E-state index contributed by atoms with van der Waals surface area (Å²) in [7, 11) is 0. The molecule has 2 fully saturated rings. The van der Waals surface area contributed by atoms with Crippen LogP contribution in [0.1, 0.15) is 32.1 Å². The SMILES string of the molecule is O=C(NCC1CC(=O)N(C2CCCC2)C1)Nc1nncs1. The lowest BCUT2D eigenvalue weighted by Crippen LogP contribution is -2.36. The number of amides is 3. The Hall–Kier alpha value is -1.70. The van der Waals surface area contributed by atoms with E-state index in [2.05, 4.69) is 20.8 Å². The molecule has 2 aliphatic rings. The second-order valence-corrected chi connectivity index (χ2v) is 6.47. The fourth-order valence-electron chi connectivity index (χ4n) is 3.12. The third-order valence-electron chi connectivity index (χ3n) is 4.14. The zero-order chi connectivity index (χ0) is 14.7. The van der Waals surface area contributed by atoms with E-state index in [9.17, 15) is 9.59 Å². The standard InChI is InChI=1S/C13H19N5O2S/c19-11-5-9(7-18(11)10-3-1-2-4-10)6-14-12(20)16-13-17-15-8-21-13/h8-10H,1-7H2,(H2,14,16,17,20). The van der Waals surface area contributed by atoms with Gasteiger partial charge in [-0.2, -0.15) is 0 Å². The summed E-state index contributed by atoms with van der Waals surface area (Å²) in [5, 5.41) is 13.3. The maximum Gasteiger partial charge on any atom is 0.321 e. The van der Waals surface area contributed by atoms with Crippen LogP contribution in [0, 0.1) is 5.92 Å². The number of nitrogens with zero attached hydrogens (tertiary/aromatic N) is 3. The molecule has 2 N–H and O–H groups in total. The van der Waals surface area contributed by atoms with E-state index in [0.717, 1.165) is 19.4 Å². The van der Waals surface area contributed by atoms with Crippen LogP contribution in [0.15, 0.2) is 5.51 Å². The summed E-state index contributed by atoms with van der Waals surface area (Å²) in [5.41, 5.74) is 1.56. The van der Waals surface area contributed by atoms with E-state index in [-0.39, 0.29) is 17.9 Å². The van der Waals surface area contributed by atoms with Gasteiger partial charge >= 0.3 is 6.03 Å². The Morgan fingerprint density at radius 2 is 2.24 bits per heavy atom. The van der Waals surface area contributed by atoms with Gasteiger partial charge < -0.3 is 10.2 Å². The molecule has 3 amide bonds. The Morgan fingerprint density at radius 1 is 1.43 bits per heavy atom. The van der Waals surface area contributed by atoms with Gasteiger partial charge in [0.15, 0.2) is 0 Å². The maximum absolute atomic E-state index is 12.1. The predicted molar refractivity (Wildman–Crippen MR) is 79.0 cm³/mol. The monoisotopic (exact) mass is 309 g/mol. The lowest BCUT2D eigenvalue weighted by atomic mass is 10.1. The Morgan fingerprint density at radius 3 is 2.95 bits per heavy atom. The van der Waals surface area contributed by atoms with Crippen LogP contribution in [-0.2, 0) is 4.79 Å². The summed E-state index contributed by atoms with van der Waals surface area (Å²) in [5.74, 6) is 0.441. The molecule has 0 aromatic carbocycles. The van der Waals surface area contributed by atoms with E-state index in [0.29, 0.717) is 24.1 Å². The number of hydrogen-bond acceptors (Lipinski definition) is 5. The van der Waals surface area contributed by atoms with Crippen molar-refractivity contribution in [1.29, 1.82) is 0 Å². The van der Waals surface area contributed by atoms with Crippen LogP contribution in [0.25, 0.3) is 0 Å². The molecule has 0 radical (unpaired) electrons. The average molecular weight is 309 g/mol. The van der Waals surface area contributed by atoms with Crippen molar-refractivity contribution in [2.45, 2.75) is 38.1 Å². The predicted octanol–water partition coefficient (Wildman–Crippen LogP) is 1.45. The van der Waals surface area contributed by atoms with Crippen molar-refractivity contribution in [3.05, 3.63) is 5.51 Å². The van der Waals surface area contributed by atoms with Gasteiger partial charge in [0.25, 0.3) is 0 Å². The molecule has 1 aliphatic carbocycles. The second kappa shape index (κ2) is 6.38. The molecule has 1 saturated heterocycles. The Labute approximate surface area is 127 Å². The summed E-state index contributed by atoms with van der Waals surface area (Å²) in [6, 6.07) is 0.135. The van der Waals surface area contributed by atoms with Crippen LogP contribution in [-0.4, -0.2) is 46.2 Å². The number of rotatable bonds is 4. The first kappa shape index (κ1) is 14.2. The minimum absolute atomic E-state index is 0.207. The second-order valence-electron chi connectivity index (χ2n) is 5.63. The molecule has 3 rings (SSSR count). The third kappa shape index (κ3) is 3.49. The van der Waals surface area contributed by atoms with Crippen molar-refractivity contribution >= 4 is 28.4 Å². The van der Waals surface area contributed by atoms with Gasteiger partial charge in [0.2, 0.25) is 11.0 Å². The normalized spacial score (nSPS) is 22.8. The summed E-state index contributed by atoms with van der Waals surface area (Å²) in [6.07, 6.45) is 5.24. The highest BCUT2D eigenvalue weighted by Crippen LogP contribution is 2.29. The Bertz CT molecular complexity index is 501. The van der Waals surface area contributed by atoms with Crippen molar-refractivity contribution in [2.75, 3.05) is 18.4 Å². The molecule has 8 heteroatoms.